The van der Waals surface area contributed by atoms with Gasteiger partial charge < -0.3 is 46.1 Å². The van der Waals surface area contributed by atoms with Crippen molar-refractivity contribution in [2.75, 3.05) is 13.1 Å². The molecular weight excluding hydrogens is 843 g/mol. The molecule has 16 nitrogen and oxygen atoms in total. The van der Waals surface area contributed by atoms with Crippen molar-refractivity contribution in [3.63, 3.8) is 0 Å². The van der Waals surface area contributed by atoms with Gasteiger partial charge in [-0.25, -0.2) is 9.59 Å². The summed E-state index contributed by atoms with van der Waals surface area (Å²) in [5.74, 6) is -1.47. The van der Waals surface area contributed by atoms with Crippen molar-refractivity contribution in [2.24, 2.45) is 11.8 Å². The van der Waals surface area contributed by atoms with Crippen LogP contribution in [0.25, 0.3) is 0 Å². The highest BCUT2D eigenvalue weighted by Gasteiger charge is 2.48. The lowest BCUT2D eigenvalue weighted by Crippen LogP contribution is -2.64. The predicted octanol–water partition coefficient (Wildman–Crippen LogP) is 7.26. The largest absolute Gasteiger partial charge is 0.446 e. The SMILES string of the molecule is CC(C)C[C@@H](/C=C/C(Cc1ccccc1)C(=O)N1CCC[C@H]1C(=O)N[C@@H](CCCNC(=O)OC1CC(C)(C)N(O)C(C)(C)C1)C(=O)NC1CC(C)(C)N(O)C(C)(C)C1)NC(=O)OC(C)(C)C. The molecule has 3 aliphatic heterocycles. The Kier molecular flexibility index (Phi) is 18.3. The molecular formula is C50H83N7O9. The zero-order chi connectivity index (χ0) is 49.4. The third kappa shape index (κ3) is 15.7. The highest BCUT2D eigenvalue weighted by Crippen LogP contribution is 2.39. The van der Waals surface area contributed by atoms with Gasteiger partial charge in [-0.15, -0.1) is 0 Å². The maximum atomic E-state index is 14.7. The quantitative estimate of drug-likeness (QED) is 0.0679. The van der Waals surface area contributed by atoms with E-state index >= 15 is 0 Å². The van der Waals surface area contributed by atoms with Gasteiger partial charge in [-0.05, 0) is 139 Å². The van der Waals surface area contributed by atoms with Crippen LogP contribution in [0.3, 0.4) is 0 Å². The van der Waals surface area contributed by atoms with Crippen LogP contribution >= 0.6 is 0 Å². The van der Waals surface area contributed by atoms with Gasteiger partial charge in [-0.3, -0.25) is 14.4 Å². The van der Waals surface area contributed by atoms with Crippen LogP contribution in [0.15, 0.2) is 42.5 Å². The normalized spacial score (nSPS) is 22.6. The Balaban J connectivity index is 1.51. The first-order chi connectivity index (χ1) is 30.5. The van der Waals surface area contributed by atoms with Crippen molar-refractivity contribution < 1.29 is 43.9 Å². The molecule has 4 atom stereocenters. The second-order valence-electron chi connectivity index (χ2n) is 22.8. The Morgan fingerprint density at radius 1 is 0.818 bits per heavy atom. The van der Waals surface area contributed by atoms with Crippen molar-refractivity contribution in [1.82, 2.24) is 36.3 Å². The molecule has 1 unspecified atom stereocenters. The van der Waals surface area contributed by atoms with E-state index in [1.807, 2.05) is 97.9 Å². The minimum Gasteiger partial charge on any atom is -0.446 e. The van der Waals surface area contributed by atoms with E-state index in [4.69, 9.17) is 9.47 Å². The molecule has 3 heterocycles. The average molecular weight is 926 g/mol. The van der Waals surface area contributed by atoms with Gasteiger partial charge in [0.1, 0.15) is 23.8 Å². The van der Waals surface area contributed by atoms with E-state index in [0.717, 1.165) is 5.56 Å². The monoisotopic (exact) mass is 926 g/mol. The molecule has 3 aliphatic rings. The lowest BCUT2D eigenvalue weighted by molar-refractivity contribution is -0.256. The number of nitrogens with one attached hydrogen (secondary N) is 4. The van der Waals surface area contributed by atoms with E-state index in [9.17, 15) is 34.4 Å². The molecule has 0 bridgehead atoms. The highest BCUT2D eigenvalue weighted by atomic mass is 16.6. The molecule has 1 aromatic rings. The summed E-state index contributed by atoms with van der Waals surface area (Å²) >= 11 is 0. The molecule has 0 saturated carbocycles. The number of likely N-dealkylation sites (tertiary alicyclic amines) is 1. The summed E-state index contributed by atoms with van der Waals surface area (Å²) in [6.07, 6.45) is 6.50. The number of hydrogen-bond acceptors (Lipinski definition) is 11. The standard InChI is InChI=1S/C50H83N7O9/c1-33(2)27-36(53-45(62)66-46(3,4)5)24-23-35(28-34-19-15-14-16-20-34)43(60)55-26-18-22-40(55)42(59)54-39(41(58)52-37-29-47(6,7)56(63)48(8,9)30-37)21-17-25-51-44(61)65-38-31-49(10,11)57(64)50(12,13)32-38/h14-16,19-20,23-24,33,35-40,63-64H,17-18,21-22,25-32H2,1-13H3,(H,51,61)(H,52,58)(H,53,62)(H,54,59)/b24-23+/t35?,36-,39+,40+/m1/s1. The minimum atomic E-state index is -0.988. The number of amides is 5. The topological polar surface area (TPSA) is 202 Å². The van der Waals surface area contributed by atoms with Crippen LogP contribution in [-0.4, -0.2) is 126 Å². The van der Waals surface area contributed by atoms with E-state index in [1.54, 1.807) is 25.7 Å². The fourth-order valence-electron chi connectivity index (χ4n) is 10.2. The van der Waals surface area contributed by atoms with Crippen molar-refractivity contribution in [3.05, 3.63) is 48.0 Å². The van der Waals surface area contributed by atoms with Crippen LogP contribution in [0, 0.1) is 11.8 Å². The molecule has 6 N–H and O–H groups in total. The molecule has 4 rings (SSSR count). The molecule has 1 aromatic carbocycles. The first-order valence-corrected chi connectivity index (χ1v) is 24.1. The van der Waals surface area contributed by atoms with Crippen LogP contribution < -0.4 is 21.3 Å². The number of benzene rings is 1. The number of piperidine rings is 2. The zero-order valence-corrected chi connectivity index (χ0v) is 42.2. The third-order valence-electron chi connectivity index (χ3n) is 12.9. The molecule has 66 heavy (non-hydrogen) atoms. The minimum absolute atomic E-state index is 0.176. The maximum Gasteiger partial charge on any atom is 0.408 e. The summed E-state index contributed by atoms with van der Waals surface area (Å²) in [7, 11) is 0. The highest BCUT2D eigenvalue weighted by molar-refractivity contribution is 5.93. The molecule has 372 valence electrons. The Hall–Kier alpha value is -4.25. The first-order valence-electron chi connectivity index (χ1n) is 24.1. The molecule has 3 fully saturated rings. The zero-order valence-electron chi connectivity index (χ0n) is 42.2. The Morgan fingerprint density at radius 3 is 1.95 bits per heavy atom. The molecule has 3 saturated heterocycles. The summed E-state index contributed by atoms with van der Waals surface area (Å²) in [5.41, 5.74) is -2.19. The second-order valence-corrected chi connectivity index (χ2v) is 22.8. The van der Waals surface area contributed by atoms with Crippen LogP contribution in [-0.2, 0) is 30.3 Å². The van der Waals surface area contributed by atoms with Crippen LogP contribution in [0.2, 0.25) is 0 Å². The molecule has 0 aliphatic carbocycles. The molecule has 5 amide bonds. The molecule has 0 spiro atoms. The number of carbonyl (C=O) groups excluding carboxylic acids is 5. The van der Waals surface area contributed by atoms with Gasteiger partial charge in [-0.2, -0.15) is 10.1 Å². The fourth-order valence-corrected chi connectivity index (χ4v) is 10.2. The fraction of sp³-hybridized carbons (Fsp3) is 0.740. The van der Waals surface area contributed by atoms with Gasteiger partial charge in [0.05, 0.1) is 12.0 Å². The van der Waals surface area contributed by atoms with Crippen LogP contribution in [0.1, 0.15) is 153 Å². The summed E-state index contributed by atoms with van der Waals surface area (Å²) in [4.78, 5) is 70.8. The van der Waals surface area contributed by atoms with Gasteiger partial charge in [0.25, 0.3) is 0 Å². The Bertz CT molecular complexity index is 1810. The number of nitrogens with zero attached hydrogens (tertiary/aromatic N) is 3. The molecule has 0 radical (unpaired) electrons. The van der Waals surface area contributed by atoms with Gasteiger partial charge in [0.2, 0.25) is 17.7 Å². The number of hydrogen-bond donors (Lipinski definition) is 6. The van der Waals surface area contributed by atoms with E-state index in [1.165, 1.54) is 10.1 Å². The summed E-state index contributed by atoms with van der Waals surface area (Å²) < 4.78 is 11.3. The number of rotatable bonds is 17. The number of hydroxylamine groups is 4. The smallest absolute Gasteiger partial charge is 0.408 e. The number of ether oxygens (including phenoxy) is 2. The van der Waals surface area contributed by atoms with Crippen LogP contribution in [0.5, 0.6) is 0 Å². The summed E-state index contributed by atoms with van der Waals surface area (Å²) in [5, 5.41) is 36.2. The lowest BCUT2D eigenvalue weighted by atomic mass is 9.79. The van der Waals surface area contributed by atoms with Gasteiger partial charge in [-0.1, -0.05) is 56.3 Å². The average Bonchev–Trinajstić information content (AvgIpc) is 3.68. The predicted molar refractivity (Wildman–Crippen MR) is 254 cm³/mol. The first kappa shape index (κ1) is 54.4. The summed E-state index contributed by atoms with van der Waals surface area (Å²) in [6.45, 7) is 25.3. The van der Waals surface area contributed by atoms with E-state index < -0.39 is 76.0 Å². The van der Waals surface area contributed by atoms with Gasteiger partial charge in [0, 0.05) is 54.1 Å². The van der Waals surface area contributed by atoms with Gasteiger partial charge in [0.15, 0.2) is 0 Å². The maximum absolute atomic E-state index is 14.7. The van der Waals surface area contributed by atoms with Crippen molar-refractivity contribution in [2.45, 2.75) is 212 Å². The molecule has 0 aromatic heterocycles. The van der Waals surface area contributed by atoms with Crippen molar-refractivity contribution in [3.8, 4) is 0 Å². The Morgan fingerprint density at radius 2 is 1.39 bits per heavy atom. The Labute approximate surface area is 394 Å². The van der Waals surface area contributed by atoms with E-state index in [2.05, 4.69) is 35.1 Å². The summed E-state index contributed by atoms with van der Waals surface area (Å²) in [6, 6.07) is 7.15. The van der Waals surface area contributed by atoms with Crippen molar-refractivity contribution in [1.29, 1.82) is 0 Å². The number of carbonyl (C=O) groups is 5. The van der Waals surface area contributed by atoms with Crippen molar-refractivity contribution >= 4 is 29.9 Å². The third-order valence-corrected chi connectivity index (χ3v) is 12.9. The van der Waals surface area contributed by atoms with E-state index in [-0.39, 0.29) is 36.7 Å². The number of alkyl carbamates (subject to hydrolysis) is 2. The second kappa shape index (κ2) is 22.2. The van der Waals surface area contributed by atoms with Gasteiger partial charge >= 0.3 is 12.2 Å². The lowest BCUT2D eigenvalue weighted by Gasteiger charge is -2.51. The van der Waals surface area contributed by atoms with E-state index in [0.29, 0.717) is 64.3 Å². The van der Waals surface area contributed by atoms with Crippen LogP contribution in [0.4, 0.5) is 9.59 Å². The molecule has 16 heteroatoms.